The molecule has 1 amide bonds. The van der Waals surface area contributed by atoms with E-state index in [1.54, 1.807) is 24.3 Å². The van der Waals surface area contributed by atoms with Crippen LogP contribution >= 0.6 is 22.6 Å². The Labute approximate surface area is 109 Å². The molecule has 0 aliphatic carbocycles. The van der Waals surface area contributed by atoms with Gasteiger partial charge in [-0.15, -0.1) is 0 Å². The van der Waals surface area contributed by atoms with Crippen LogP contribution in [0.15, 0.2) is 24.3 Å². The van der Waals surface area contributed by atoms with Gasteiger partial charge in [-0.05, 0) is 41.6 Å². The van der Waals surface area contributed by atoms with Crippen LogP contribution < -0.4 is 4.31 Å². The summed E-state index contributed by atoms with van der Waals surface area (Å²) < 4.78 is 25.2. The van der Waals surface area contributed by atoms with Gasteiger partial charge in [0.05, 0.1) is 11.4 Å². The molecule has 6 heteroatoms. The molecule has 0 saturated heterocycles. The third kappa shape index (κ3) is 2.73. The van der Waals surface area contributed by atoms with Crippen molar-refractivity contribution < 1.29 is 13.2 Å². The Morgan fingerprint density at radius 1 is 1.38 bits per heavy atom. The number of rotatable bonds is 3. The summed E-state index contributed by atoms with van der Waals surface area (Å²) in [6.45, 7) is 2.76. The molecule has 0 N–H and O–H groups in total. The lowest BCUT2D eigenvalue weighted by atomic mass is 10.3. The van der Waals surface area contributed by atoms with E-state index in [4.69, 9.17) is 0 Å². The van der Waals surface area contributed by atoms with Gasteiger partial charge in [0.2, 0.25) is 15.9 Å². The lowest BCUT2D eigenvalue weighted by Crippen LogP contribution is -2.36. The highest BCUT2D eigenvalue weighted by atomic mass is 127. The first-order valence-corrected chi connectivity index (χ1v) is 7.37. The second-order valence-electron chi connectivity index (χ2n) is 3.14. The standard InChI is InChI=1S/C10H12INO3S/c1-3-16(14,15)12(8(2)13)10-7-5-4-6-9(10)11/h4-7H,3H2,1-2H3. The van der Waals surface area contributed by atoms with Crippen molar-refractivity contribution in [2.24, 2.45) is 0 Å². The van der Waals surface area contributed by atoms with E-state index < -0.39 is 15.9 Å². The highest BCUT2D eigenvalue weighted by molar-refractivity contribution is 14.1. The number of anilines is 1. The molecule has 1 aromatic rings. The molecule has 16 heavy (non-hydrogen) atoms. The summed E-state index contributed by atoms with van der Waals surface area (Å²) >= 11 is 2.01. The molecule has 0 spiro atoms. The van der Waals surface area contributed by atoms with E-state index in [9.17, 15) is 13.2 Å². The Morgan fingerprint density at radius 3 is 2.38 bits per heavy atom. The molecule has 0 heterocycles. The Kier molecular flexibility index (Phi) is 4.31. The minimum Gasteiger partial charge on any atom is -0.274 e. The SMILES string of the molecule is CCS(=O)(=O)N(C(C)=O)c1ccccc1I. The van der Waals surface area contributed by atoms with E-state index in [1.807, 2.05) is 22.6 Å². The quantitative estimate of drug-likeness (QED) is 0.781. The molecule has 4 nitrogen and oxygen atoms in total. The topological polar surface area (TPSA) is 54.5 Å². The maximum atomic E-state index is 11.8. The van der Waals surface area contributed by atoms with Crippen LogP contribution in [-0.2, 0) is 14.8 Å². The van der Waals surface area contributed by atoms with Crippen molar-refractivity contribution in [3.05, 3.63) is 27.8 Å². The van der Waals surface area contributed by atoms with Crippen molar-refractivity contribution in [3.8, 4) is 0 Å². The van der Waals surface area contributed by atoms with Crippen molar-refractivity contribution in [3.63, 3.8) is 0 Å². The largest absolute Gasteiger partial charge is 0.274 e. The molecule has 1 rings (SSSR count). The minimum absolute atomic E-state index is 0.0996. The molecule has 0 fully saturated rings. The third-order valence-corrected chi connectivity index (χ3v) is 4.65. The lowest BCUT2D eigenvalue weighted by molar-refractivity contribution is -0.115. The summed E-state index contributed by atoms with van der Waals surface area (Å²) in [7, 11) is -3.56. The number of sulfonamides is 1. The predicted molar refractivity (Wildman–Crippen MR) is 71.8 cm³/mol. The molecule has 1 aromatic carbocycles. The molecule has 0 aliphatic rings. The van der Waals surface area contributed by atoms with Gasteiger partial charge in [0.15, 0.2) is 0 Å². The Morgan fingerprint density at radius 2 is 1.94 bits per heavy atom. The van der Waals surface area contributed by atoms with Crippen LogP contribution in [0.5, 0.6) is 0 Å². The predicted octanol–water partition coefficient (Wildman–Crippen LogP) is 1.99. The van der Waals surface area contributed by atoms with Gasteiger partial charge < -0.3 is 0 Å². The van der Waals surface area contributed by atoms with Gasteiger partial charge in [-0.25, -0.2) is 12.7 Å². The van der Waals surface area contributed by atoms with E-state index in [2.05, 4.69) is 0 Å². The number of amides is 1. The van der Waals surface area contributed by atoms with E-state index in [0.717, 1.165) is 7.88 Å². The number of hydrogen-bond donors (Lipinski definition) is 0. The lowest BCUT2D eigenvalue weighted by Gasteiger charge is -2.21. The molecule has 0 aliphatic heterocycles. The van der Waals surface area contributed by atoms with E-state index in [1.165, 1.54) is 13.8 Å². The van der Waals surface area contributed by atoms with E-state index >= 15 is 0 Å². The Bertz CT molecular complexity index is 499. The fourth-order valence-electron chi connectivity index (χ4n) is 1.26. The molecule has 0 radical (unpaired) electrons. The van der Waals surface area contributed by atoms with E-state index in [-0.39, 0.29) is 5.75 Å². The maximum Gasteiger partial charge on any atom is 0.241 e. The van der Waals surface area contributed by atoms with Gasteiger partial charge in [-0.1, -0.05) is 12.1 Å². The maximum absolute atomic E-state index is 11.8. The number of carbonyl (C=O) groups excluding carboxylic acids is 1. The first kappa shape index (κ1) is 13.4. The van der Waals surface area contributed by atoms with Crippen LogP contribution in [0, 0.1) is 3.57 Å². The average molecular weight is 353 g/mol. The summed E-state index contributed by atoms with van der Waals surface area (Å²) in [5.41, 5.74) is 0.414. The summed E-state index contributed by atoms with van der Waals surface area (Å²) in [5, 5.41) is 0. The van der Waals surface area contributed by atoms with Crippen molar-refractivity contribution in [1.29, 1.82) is 0 Å². The zero-order valence-electron chi connectivity index (χ0n) is 8.97. The molecule has 0 atom stereocenters. The number of carbonyl (C=O) groups is 1. The smallest absolute Gasteiger partial charge is 0.241 e. The van der Waals surface area contributed by atoms with Crippen LogP contribution in [0.25, 0.3) is 0 Å². The number of nitrogens with zero attached hydrogens (tertiary/aromatic N) is 1. The van der Waals surface area contributed by atoms with Gasteiger partial charge in [-0.2, -0.15) is 0 Å². The zero-order chi connectivity index (χ0) is 12.3. The summed E-state index contributed by atoms with van der Waals surface area (Å²) in [6, 6.07) is 6.88. The van der Waals surface area contributed by atoms with Crippen molar-refractivity contribution in [2.45, 2.75) is 13.8 Å². The monoisotopic (exact) mass is 353 g/mol. The summed E-state index contributed by atoms with van der Waals surface area (Å²) in [6.07, 6.45) is 0. The van der Waals surface area contributed by atoms with Gasteiger partial charge >= 0.3 is 0 Å². The van der Waals surface area contributed by atoms with Gasteiger partial charge in [0, 0.05) is 10.5 Å². The molecular formula is C10H12INO3S. The fourth-order valence-corrected chi connectivity index (χ4v) is 3.16. The second-order valence-corrected chi connectivity index (χ2v) is 6.40. The second kappa shape index (κ2) is 5.13. The number of hydrogen-bond acceptors (Lipinski definition) is 3. The first-order chi connectivity index (χ1) is 7.40. The molecule has 0 aromatic heterocycles. The number of para-hydroxylation sites is 1. The van der Waals surface area contributed by atoms with Crippen LogP contribution in [0.2, 0.25) is 0 Å². The molecular weight excluding hydrogens is 341 g/mol. The fraction of sp³-hybridized carbons (Fsp3) is 0.300. The van der Waals surface area contributed by atoms with Crippen LogP contribution in [0.4, 0.5) is 5.69 Å². The normalized spacial score (nSPS) is 11.2. The van der Waals surface area contributed by atoms with Crippen LogP contribution in [0.1, 0.15) is 13.8 Å². The Balaban J connectivity index is 3.36. The third-order valence-electron chi connectivity index (χ3n) is 2.00. The van der Waals surface area contributed by atoms with Gasteiger partial charge in [-0.3, -0.25) is 4.79 Å². The summed E-state index contributed by atoms with van der Waals surface area (Å²) in [4.78, 5) is 11.4. The minimum atomic E-state index is -3.56. The summed E-state index contributed by atoms with van der Waals surface area (Å²) in [5.74, 6) is -0.594. The number of halogens is 1. The molecule has 0 saturated carbocycles. The first-order valence-electron chi connectivity index (χ1n) is 4.68. The van der Waals surface area contributed by atoms with Gasteiger partial charge in [0.1, 0.15) is 0 Å². The molecule has 0 unspecified atom stereocenters. The van der Waals surface area contributed by atoms with Gasteiger partial charge in [0.25, 0.3) is 0 Å². The molecule has 0 bridgehead atoms. The molecule has 88 valence electrons. The highest BCUT2D eigenvalue weighted by Crippen LogP contribution is 2.24. The van der Waals surface area contributed by atoms with Crippen molar-refractivity contribution in [1.82, 2.24) is 0 Å². The number of benzene rings is 1. The Hall–Kier alpha value is -0.630. The van der Waals surface area contributed by atoms with E-state index in [0.29, 0.717) is 5.69 Å². The van der Waals surface area contributed by atoms with Crippen LogP contribution in [-0.4, -0.2) is 20.1 Å². The average Bonchev–Trinajstić information content (AvgIpc) is 2.20. The highest BCUT2D eigenvalue weighted by Gasteiger charge is 2.26. The van der Waals surface area contributed by atoms with Crippen molar-refractivity contribution >= 4 is 44.2 Å². The zero-order valence-corrected chi connectivity index (χ0v) is 11.9. The van der Waals surface area contributed by atoms with Crippen molar-refractivity contribution in [2.75, 3.05) is 10.1 Å². The van der Waals surface area contributed by atoms with Crippen LogP contribution in [0.3, 0.4) is 0 Å².